The summed E-state index contributed by atoms with van der Waals surface area (Å²) in [6, 6.07) is 8.01. The van der Waals surface area contributed by atoms with Gasteiger partial charge in [0, 0.05) is 38.2 Å². The summed E-state index contributed by atoms with van der Waals surface area (Å²) in [5.74, 6) is -1.02. The van der Waals surface area contributed by atoms with Gasteiger partial charge in [-0.15, -0.1) is 0 Å². The van der Waals surface area contributed by atoms with Gasteiger partial charge in [-0.2, -0.15) is 8.78 Å². The molecule has 48 heavy (non-hydrogen) atoms. The molecule has 2 heterocycles. The van der Waals surface area contributed by atoms with Crippen molar-refractivity contribution in [1.82, 2.24) is 4.90 Å². The van der Waals surface area contributed by atoms with Crippen molar-refractivity contribution in [2.75, 3.05) is 56.6 Å². The van der Waals surface area contributed by atoms with E-state index in [2.05, 4.69) is 9.72 Å². The lowest BCUT2D eigenvalue weighted by Crippen LogP contribution is -2.43. The van der Waals surface area contributed by atoms with E-state index in [1.165, 1.54) is 48.8 Å². The van der Waals surface area contributed by atoms with Crippen molar-refractivity contribution >= 4 is 44.9 Å². The van der Waals surface area contributed by atoms with Gasteiger partial charge in [0.05, 0.1) is 37.3 Å². The molecule has 1 aromatic heterocycles. The van der Waals surface area contributed by atoms with Gasteiger partial charge in [0.2, 0.25) is 10.0 Å². The number of phenols is 1. The molecule has 2 aromatic carbocycles. The Morgan fingerprint density at radius 1 is 1.10 bits per heavy atom. The summed E-state index contributed by atoms with van der Waals surface area (Å²) in [5, 5.41) is 11.2. The Labute approximate surface area is 287 Å². The molecule has 1 saturated carbocycles. The topological polar surface area (TPSA) is 129 Å². The van der Waals surface area contributed by atoms with Crippen molar-refractivity contribution in [1.29, 1.82) is 0 Å². The third-order valence-corrected chi connectivity index (χ3v) is 9.82. The molecule has 0 radical (unpaired) electrons. The Morgan fingerprint density at radius 2 is 1.81 bits per heavy atom. The first-order chi connectivity index (χ1) is 22.9. The van der Waals surface area contributed by atoms with E-state index in [-0.39, 0.29) is 51.5 Å². The number of aromatic nitrogens is 1. The average Bonchev–Trinajstić information content (AvgIpc) is 3.87. The predicted octanol–water partition coefficient (Wildman–Crippen LogP) is 5.14. The Kier molecular flexibility index (Phi) is 11.8. The minimum Gasteiger partial charge on any atom is -0.506 e. The number of benzene rings is 2. The zero-order chi connectivity index (χ0) is 34.4. The number of alkyl halides is 2. The van der Waals surface area contributed by atoms with E-state index in [1.807, 2.05) is 4.90 Å². The van der Waals surface area contributed by atoms with Gasteiger partial charge in [0.1, 0.15) is 21.9 Å². The molecule has 2 aliphatic rings. The number of morpholine rings is 1. The van der Waals surface area contributed by atoms with Crippen LogP contribution in [0.2, 0.25) is 10.0 Å². The fourth-order valence-corrected chi connectivity index (χ4v) is 6.63. The largest absolute Gasteiger partial charge is 0.506 e. The summed E-state index contributed by atoms with van der Waals surface area (Å²) in [6.45, 7) is -0.0689. The second-order valence-electron chi connectivity index (χ2n) is 11.6. The van der Waals surface area contributed by atoms with E-state index < -0.39 is 28.7 Å². The highest BCUT2D eigenvalue weighted by atomic mass is 35.5. The summed E-state index contributed by atoms with van der Waals surface area (Å²) in [5.41, 5.74) is 0.680. The van der Waals surface area contributed by atoms with Crippen LogP contribution in [-0.4, -0.2) is 83.3 Å². The molecule has 1 atom stereocenters. The molecule has 2 N–H and O–H groups in total. The number of ether oxygens (including phenoxy) is 4. The molecule has 0 amide bonds. The molecule has 3 aromatic rings. The number of aromatic amines is 1. The van der Waals surface area contributed by atoms with Crippen molar-refractivity contribution in [3.63, 3.8) is 0 Å². The molecular weight excluding hydrogens is 695 g/mol. The van der Waals surface area contributed by atoms with E-state index in [9.17, 15) is 27.1 Å². The number of carbonyl (C=O) groups excluding carboxylic acids is 1. The molecule has 0 bridgehead atoms. The van der Waals surface area contributed by atoms with Gasteiger partial charge in [-0.3, -0.25) is 9.21 Å². The van der Waals surface area contributed by atoms with Crippen molar-refractivity contribution in [3.8, 4) is 17.2 Å². The number of hydrogen-bond acceptors (Lipinski definition) is 9. The zero-order valence-corrected chi connectivity index (χ0v) is 28.4. The van der Waals surface area contributed by atoms with Crippen molar-refractivity contribution < 1.29 is 51.0 Å². The van der Waals surface area contributed by atoms with E-state index in [0.717, 1.165) is 23.4 Å². The number of phenolic OH excluding ortho intramolecular Hbond substituents is 1. The number of nitrogens with one attached hydrogen (secondary N) is 1. The van der Waals surface area contributed by atoms with Crippen LogP contribution in [0.15, 0.2) is 48.8 Å². The minimum absolute atomic E-state index is 0.0187. The first-order valence-electron chi connectivity index (χ1n) is 15.3. The summed E-state index contributed by atoms with van der Waals surface area (Å²) in [6.07, 6.45) is 4.87. The molecule has 11 nitrogen and oxygen atoms in total. The molecule has 0 unspecified atom stereocenters. The van der Waals surface area contributed by atoms with E-state index >= 15 is 0 Å². The highest BCUT2D eigenvalue weighted by Crippen LogP contribution is 2.38. The van der Waals surface area contributed by atoms with Gasteiger partial charge >= 0.3 is 12.6 Å². The van der Waals surface area contributed by atoms with E-state index in [1.54, 1.807) is 0 Å². The maximum absolute atomic E-state index is 13.7. The van der Waals surface area contributed by atoms with Crippen molar-refractivity contribution in [2.45, 2.75) is 32.0 Å². The third-order valence-electron chi connectivity index (χ3n) is 7.97. The standard InChI is InChI=1S/C32H35Cl2F2N3O8S/c1-48(42,43)39(9-8-38-10-12-44-13-11-38)26-14-22(4-6-27(26)40)31(41)46-29(16-23-24(33)17-37-18-25(23)34)21-5-7-28(47-32(35)36)30(15-21)45-19-20-2-3-20/h4-7,14-15,17-18,20,29,32,40H,2-3,8-13,16,19H2,1H3/p+1/t29-/m0/s1. The fourth-order valence-electron chi connectivity index (χ4n) is 5.18. The molecule has 16 heteroatoms. The highest BCUT2D eigenvalue weighted by Gasteiger charge is 2.28. The molecule has 5 rings (SSSR count). The van der Waals surface area contributed by atoms with Crippen LogP contribution in [0.25, 0.3) is 0 Å². The third kappa shape index (κ3) is 9.59. The van der Waals surface area contributed by atoms with E-state index in [4.69, 9.17) is 37.4 Å². The number of anilines is 1. The number of rotatable bonds is 15. The summed E-state index contributed by atoms with van der Waals surface area (Å²) >= 11 is 12.9. The summed E-state index contributed by atoms with van der Waals surface area (Å²) in [7, 11) is -3.87. The predicted molar refractivity (Wildman–Crippen MR) is 174 cm³/mol. The van der Waals surface area contributed by atoms with Gasteiger partial charge in [-0.05, 0) is 54.7 Å². The van der Waals surface area contributed by atoms with Crippen LogP contribution in [0, 0.1) is 5.92 Å². The second-order valence-corrected chi connectivity index (χ2v) is 14.3. The number of esters is 1. The van der Waals surface area contributed by atoms with Crippen molar-refractivity contribution in [3.05, 3.63) is 75.5 Å². The molecule has 2 fully saturated rings. The Hall–Kier alpha value is -3.43. The van der Waals surface area contributed by atoms with Crippen LogP contribution in [-0.2, 0) is 25.9 Å². The van der Waals surface area contributed by atoms with Gasteiger partial charge in [-0.25, -0.2) is 18.2 Å². The molecule has 1 aliphatic carbocycles. The highest BCUT2D eigenvalue weighted by molar-refractivity contribution is 7.92. The van der Waals surface area contributed by atoms with Crippen LogP contribution in [0.3, 0.4) is 0 Å². The number of sulfonamides is 1. The minimum atomic E-state index is -3.87. The first-order valence-corrected chi connectivity index (χ1v) is 17.9. The monoisotopic (exact) mass is 730 g/mol. The van der Waals surface area contributed by atoms with Crippen LogP contribution in [0.5, 0.6) is 17.2 Å². The molecule has 1 aliphatic heterocycles. The van der Waals surface area contributed by atoms with E-state index in [0.29, 0.717) is 56.5 Å². The van der Waals surface area contributed by atoms with Crippen molar-refractivity contribution in [2.24, 2.45) is 5.92 Å². The first kappa shape index (κ1) is 35.9. The second kappa shape index (κ2) is 15.9. The molecule has 0 spiro atoms. The van der Waals surface area contributed by atoms with Gasteiger partial charge in [-0.1, -0.05) is 29.3 Å². The maximum atomic E-state index is 13.7. The lowest BCUT2D eigenvalue weighted by Gasteiger charge is -2.30. The number of halogens is 4. The van der Waals surface area contributed by atoms with Gasteiger partial charge < -0.3 is 24.1 Å². The molecule has 260 valence electrons. The smallest absolute Gasteiger partial charge is 0.387 e. The average molecular weight is 732 g/mol. The lowest BCUT2D eigenvalue weighted by atomic mass is 10.0. The number of aromatic hydroxyl groups is 1. The number of pyridine rings is 1. The van der Waals surface area contributed by atoms with Gasteiger partial charge in [0.15, 0.2) is 23.9 Å². The number of carbonyl (C=O) groups is 1. The number of H-pyrrole nitrogens is 1. The van der Waals surface area contributed by atoms with Crippen LogP contribution in [0.4, 0.5) is 14.5 Å². The SMILES string of the molecule is CS(=O)(=O)N(CCN1CCOCC1)c1cc(C(=O)O[C@@H](Cc2c(Cl)c[nH+]cc2Cl)c2ccc(OC(F)F)c(OCC3CC3)c2)ccc1O. The molecular formula is C32H36Cl2F2N3O8S+. The Balaban J connectivity index is 1.45. The molecule has 1 saturated heterocycles. The quantitative estimate of drug-likeness (QED) is 0.211. The van der Waals surface area contributed by atoms with Gasteiger partial charge in [0.25, 0.3) is 0 Å². The number of hydrogen-bond donors (Lipinski definition) is 1. The summed E-state index contributed by atoms with van der Waals surface area (Å²) < 4.78 is 75.0. The zero-order valence-electron chi connectivity index (χ0n) is 26.0. The number of nitrogens with zero attached hydrogens (tertiary/aromatic N) is 2. The van der Waals surface area contributed by atoms with Crippen LogP contribution < -0.4 is 18.8 Å². The lowest BCUT2D eigenvalue weighted by molar-refractivity contribution is -0.377. The Morgan fingerprint density at radius 3 is 2.46 bits per heavy atom. The fraction of sp³-hybridized carbons (Fsp3) is 0.438. The van der Waals surface area contributed by atoms with Crippen LogP contribution in [0.1, 0.15) is 40.4 Å². The van der Waals surface area contributed by atoms with Crippen LogP contribution >= 0.6 is 23.2 Å². The Bertz CT molecular complexity index is 1690. The summed E-state index contributed by atoms with van der Waals surface area (Å²) in [4.78, 5) is 18.6. The maximum Gasteiger partial charge on any atom is 0.387 e. The normalized spacial score (nSPS) is 16.0.